The highest BCUT2D eigenvalue weighted by molar-refractivity contribution is 7.80. The van der Waals surface area contributed by atoms with E-state index in [0.29, 0.717) is 0 Å². The van der Waals surface area contributed by atoms with E-state index in [1.54, 1.807) is 0 Å². The quantitative estimate of drug-likeness (QED) is 0.0567. The molecule has 0 saturated carbocycles. The van der Waals surface area contributed by atoms with Crippen LogP contribution in [0.1, 0.15) is 0 Å². The van der Waals surface area contributed by atoms with Crippen molar-refractivity contribution in [2.45, 2.75) is 184 Å². The van der Waals surface area contributed by atoms with Gasteiger partial charge in [0.25, 0.3) is 0 Å². The van der Waals surface area contributed by atoms with Crippen LogP contribution in [0, 0.1) is 0 Å². The number of aliphatic hydroxyl groups is 19. The standard InChI is InChI=1S/C36H62O34S/c37-1-7-13(43)14(44)20(50)31(59-7)65-26-8(2-38)60-32(21(51)15(26)45)66-27-9(3-39)61-33(22(52)16(27)46)67-28-10(4-40)62-34(23(53)17(28)47)68-29-11(5-41)63-35(24(54)18(29)48)69-30-12(6-42)64-36(25(55)19(30)49)70-71(56,57)58/h7-55H,1-6H2,(H,56,57,58)/t7-,8-,9-,10-,11-,12-,13-,14+,15-,16-,17-,18-,19-,20-,21-,22-,23-,24-,25-,26-,27-,28-,29-,30-,31-,32-,33-,34-,35-,36-/m1/s1. The van der Waals surface area contributed by atoms with Crippen molar-refractivity contribution >= 4 is 10.4 Å². The van der Waals surface area contributed by atoms with Crippen molar-refractivity contribution in [2.24, 2.45) is 0 Å². The Bertz CT molecular complexity index is 1750. The molecule has 6 fully saturated rings. The fraction of sp³-hybridized carbons (Fsp3) is 1.00. The summed E-state index contributed by atoms with van der Waals surface area (Å²) in [7, 11) is -5.25. The molecule has 6 aliphatic rings. The van der Waals surface area contributed by atoms with Crippen LogP contribution in [-0.2, 0) is 66.7 Å². The predicted octanol–water partition coefficient (Wildman–Crippen LogP) is -14.3. The average molecular weight is 1070 g/mol. The van der Waals surface area contributed by atoms with E-state index in [9.17, 15) is 105 Å². The van der Waals surface area contributed by atoms with E-state index in [1.165, 1.54) is 0 Å². The van der Waals surface area contributed by atoms with Crippen molar-refractivity contribution in [3.63, 3.8) is 0 Å². The molecule has 0 unspecified atom stereocenters. The van der Waals surface area contributed by atoms with Crippen LogP contribution in [0.4, 0.5) is 0 Å². The summed E-state index contributed by atoms with van der Waals surface area (Å²) in [6.45, 7) is -6.04. The highest BCUT2D eigenvalue weighted by Gasteiger charge is 2.57. The molecule has 0 bridgehead atoms. The summed E-state index contributed by atoms with van der Waals surface area (Å²) in [5.41, 5.74) is 0. The Morgan fingerprint density at radius 3 is 0.704 bits per heavy atom. The fourth-order valence-electron chi connectivity index (χ4n) is 8.71. The van der Waals surface area contributed by atoms with Gasteiger partial charge < -0.3 is 149 Å². The highest BCUT2D eigenvalue weighted by Crippen LogP contribution is 2.37. The molecular formula is C36H62O34S. The molecule has 6 rings (SSSR count). The van der Waals surface area contributed by atoms with Crippen molar-refractivity contribution in [3.8, 4) is 0 Å². The second kappa shape index (κ2) is 24.8. The van der Waals surface area contributed by atoms with Gasteiger partial charge in [-0.05, 0) is 0 Å². The van der Waals surface area contributed by atoms with Gasteiger partial charge in [-0.25, -0.2) is 4.18 Å². The zero-order chi connectivity index (χ0) is 52.5. The lowest BCUT2D eigenvalue weighted by atomic mass is 9.95. The number of aliphatic hydroxyl groups excluding tert-OH is 19. The first-order chi connectivity index (χ1) is 33.4. The van der Waals surface area contributed by atoms with Gasteiger partial charge in [-0.1, -0.05) is 0 Å². The first-order valence-electron chi connectivity index (χ1n) is 21.8. The van der Waals surface area contributed by atoms with Gasteiger partial charge in [0.15, 0.2) is 31.5 Å². The van der Waals surface area contributed by atoms with Crippen LogP contribution in [0.2, 0.25) is 0 Å². The maximum atomic E-state index is 11.2. The van der Waals surface area contributed by atoms with Gasteiger partial charge in [-0.2, -0.15) is 8.42 Å². The maximum Gasteiger partial charge on any atom is 0.399 e. The molecule has 35 heteroatoms. The van der Waals surface area contributed by atoms with Gasteiger partial charge in [-0.15, -0.1) is 0 Å². The molecule has 30 atom stereocenters. The summed E-state index contributed by atoms with van der Waals surface area (Å²) >= 11 is 0. The van der Waals surface area contributed by atoms with Crippen LogP contribution in [-0.4, -0.2) is 334 Å². The van der Waals surface area contributed by atoms with Crippen molar-refractivity contribution < 1.29 is 166 Å². The zero-order valence-electron chi connectivity index (χ0n) is 36.6. The number of hydrogen-bond donors (Lipinski definition) is 20. The van der Waals surface area contributed by atoms with E-state index in [2.05, 4.69) is 4.18 Å². The molecular weight excluding hydrogens is 1010 g/mol. The Morgan fingerprint density at radius 1 is 0.282 bits per heavy atom. The van der Waals surface area contributed by atoms with Crippen LogP contribution in [0.3, 0.4) is 0 Å². The third-order valence-electron chi connectivity index (χ3n) is 12.6. The Labute approximate surface area is 400 Å². The van der Waals surface area contributed by atoms with Gasteiger partial charge >= 0.3 is 10.4 Å². The normalized spacial score (nSPS) is 51.3. The summed E-state index contributed by atoms with van der Waals surface area (Å²) in [6.07, 6.45) is -59.0. The summed E-state index contributed by atoms with van der Waals surface area (Å²) in [4.78, 5) is 0. The Hall–Kier alpha value is -1.33. The second-order valence-electron chi connectivity index (χ2n) is 17.3. The molecule has 6 aliphatic heterocycles. The Morgan fingerprint density at radius 2 is 0.479 bits per heavy atom. The molecule has 416 valence electrons. The molecule has 20 N–H and O–H groups in total. The molecule has 6 heterocycles. The van der Waals surface area contributed by atoms with Crippen molar-refractivity contribution in [1.82, 2.24) is 0 Å². The number of ether oxygens (including phenoxy) is 11. The molecule has 0 aromatic carbocycles. The number of rotatable bonds is 18. The Kier molecular flexibility index (Phi) is 20.6. The average Bonchev–Trinajstić information content (AvgIpc) is 3.34. The number of hydrogen-bond acceptors (Lipinski definition) is 33. The van der Waals surface area contributed by atoms with Gasteiger partial charge in [0, 0.05) is 0 Å². The lowest BCUT2D eigenvalue weighted by Gasteiger charge is -2.49. The minimum absolute atomic E-state index is 0.841. The minimum Gasteiger partial charge on any atom is -0.394 e. The van der Waals surface area contributed by atoms with E-state index >= 15 is 0 Å². The van der Waals surface area contributed by atoms with E-state index in [0.717, 1.165) is 0 Å². The van der Waals surface area contributed by atoms with E-state index in [-0.39, 0.29) is 0 Å². The van der Waals surface area contributed by atoms with Crippen LogP contribution < -0.4 is 0 Å². The molecule has 0 spiro atoms. The van der Waals surface area contributed by atoms with Crippen LogP contribution in [0.25, 0.3) is 0 Å². The van der Waals surface area contributed by atoms with Crippen molar-refractivity contribution in [3.05, 3.63) is 0 Å². The molecule has 34 nitrogen and oxygen atoms in total. The molecule has 0 aromatic rings. The van der Waals surface area contributed by atoms with E-state index in [1.807, 2.05) is 0 Å². The van der Waals surface area contributed by atoms with E-state index in [4.69, 9.17) is 56.7 Å². The fourth-order valence-corrected chi connectivity index (χ4v) is 9.11. The van der Waals surface area contributed by atoms with Crippen molar-refractivity contribution in [2.75, 3.05) is 39.6 Å². The van der Waals surface area contributed by atoms with Gasteiger partial charge in [0.2, 0.25) is 6.29 Å². The summed E-state index contributed by atoms with van der Waals surface area (Å²) < 4.78 is 95.9. The third-order valence-corrected chi connectivity index (χ3v) is 13.1. The molecule has 0 radical (unpaired) electrons. The van der Waals surface area contributed by atoms with Crippen molar-refractivity contribution in [1.29, 1.82) is 0 Å². The largest absolute Gasteiger partial charge is 0.399 e. The SMILES string of the molecule is O=S(=O)(O)O[C@H]1O[C@H](CO)[C@@H](O[C@H]2O[C@H](CO)[C@@H](O[C@H]3O[C@H](CO)[C@@H](O[C@H]4O[C@H](CO)[C@@H](O[C@H]5O[C@H](CO)[C@@H](O[C@H]6O[C@H](CO)[C@@H](O)[C@H](O)[C@H]6O)[C@H](O)[C@H]5O)[C@H](O)[C@H]4O)[C@H](O)[C@H]3O)[C@H](O)[C@H]2O)[C@H](O)[C@H]1O. The van der Waals surface area contributed by atoms with E-state index < -0.39 is 234 Å². The van der Waals surface area contributed by atoms with Crippen LogP contribution in [0.15, 0.2) is 0 Å². The monoisotopic (exact) mass is 1070 g/mol. The first-order valence-corrected chi connectivity index (χ1v) is 23.2. The molecule has 0 aromatic heterocycles. The van der Waals surface area contributed by atoms with Gasteiger partial charge in [-0.3, -0.25) is 4.55 Å². The Balaban J connectivity index is 1.07. The molecule has 0 amide bonds. The summed E-state index contributed by atoms with van der Waals surface area (Å²) in [5.74, 6) is 0. The zero-order valence-corrected chi connectivity index (χ0v) is 37.4. The third kappa shape index (κ3) is 12.6. The smallest absolute Gasteiger partial charge is 0.394 e. The highest BCUT2D eigenvalue weighted by atomic mass is 32.3. The first kappa shape index (κ1) is 58.9. The lowest BCUT2D eigenvalue weighted by Crippen LogP contribution is -2.68. The van der Waals surface area contributed by atoms with Gasteiger partial charge in [0.1, 0.15) is 146 Å². The summed E-state index contributed by atoms with van der Waals surface area (Å²) in [5, 5.41) is 200. The molecule has 6 saturated heterocycles. The topological polar surface area (TPSA) is 550 Å². The van der Waals surface area contributed by atoms with Gasteiger partial charge in [0.05, 0.1) is 39.6 Å². The van der Waals surface area contributed by atoms with Crippen LogP contribution in [0.5, 0.6) is 0 Å². The molecule has 0 aliphatic carbocycles. The second-order valence-corrected chi connectivity index (χ2v) is 18.3. The maximum absolute atomic E-state index is 11.2. The van der Waals surface area contributed by atoms with Crippen LogP contribution >= 0.6 is 0 Å². The molecule has 71 heavy (non-hydrogen) atoms. The lowest BCUT2D eigenvalue weighted by molar-refractivity contribution is -0.395. The summed E-state index contributed by atoms with van der Waals surface area (Å²) in [6, 6.07) is 0. The minimum atomic E-state index is -5.25. The predicted molar refractivity (Wildman–Crippen MR) is 210 cm³/mol.